The number of hydrogen-bond donors (Lipinski definition) is 2. The summed E-state index contributed by atoms with van der Waals surface area (Å²) in [4.78, 5) is -0.0701. The molecule has 0 saturated heterocycles. The van der Waals surface area contributed by atoms with Gasteiger partial charge in [0.25, 0.3) is 0 Å². The van der Waals surface area contributed by atoms with Crippen molar-refractivity contribution in [2.45, 2.75) is 50.2 Å². The number of sulfonamides is 1. The Morgan fingerprint density at radius 3 is 2.43 bits per heavy atom. The molecule has 0 aromatic heterocycles. The molecule has 0 heterocycles. The molecule has 0 radical (unpaired) electrons. The third kappa shape index (κ3) is 4.11. The smallest absolute Gasteiger partial charge is 0.242 e. The molecule has 21 heavy (non-hydrogen) atoms. The highest BCUT2D eigenvalue weighted by molar-refractivity contribution is 7.89. The Labute approximate surface area is 135 Å². The molecule has 1 aliphatic carbocycles. The van der Waals surface area contributed by atoms with Crippen molar-refractivity contribution in [2.24, 2.45) is 5.92 Å². The Bertz CT molecular complexity index is 611. The van der Waals surface area contributed by atoms with Crippen molar-refractivity contribution >= 4 is 33.2 Å². The van der Waals surface area contributed by atoms with Crippen LogP contribution in [0.3, 0.4) is 0 Å². The molecule has 1 aromatic rings. The van der Waals surface area contributed by atoms with Crippen LogP contribution in [-0.4, -0.2) is 19.6 Å². The van der Waals surface area contributed by atoms with E-state index in [1.165, 1.54) is 12.1 Å². The fraction of sp³-hybridized carbons (Fsp3) is 0.571. The fourth-order valence-corrected chi connectivity index (χ4v) is 4.82. The zero-order valence-corrected chi connectivity index (χ0v) is 14.1. The van der Waals surface area contributed by atoms with Crippen LogP contribution in [0.5, 0.6) is 0 Å². The van der Waals surface area contributed by atoms with Crippen LogP contribution in [0.2, 0.25) is 10.0 Å². The average Bonchev–Trinajstić information content (AvgIpc) is 2.43. The van der Waals surface area contributed by atoms with Crippen LogP contribution in [0.1, 0.15) is 38.2 Å². The predicted octanol–water partition coefficient (Wildman–Crippen LogP) is 3.34. The summed E-state index contributed by atoms with van der Waals surface area (Å²) in [6.45, 7) is 1.81. The quantitative estimate of drug-likeness (QED) is 0.873. The molecule has 4 nitrogen and oxygen atoms in total. The minimum absolute atomic E-state index is 0.0265. The number of aliphatic hydroxyl groups excluding tert-OH is 1. The van der Waals surface area contributed by atoms with Crippen molar-refractivity contribution in [3.63, 3.8) is 0 Å². The van der Waals surface area contributed by atoms with Crippen LogP contribution < -0.4 is 4.72 Å². The topological polar surface area (TPSA) is 66.4 Å². The predicted molar refractivity (Wildman–Crippen MR) is 84.1 cm³/mol. The van der Waals surface area contributed by atoms with Crippen molar-refractivity contribution in [1.29, 1.82) is 0 Å². The summed E-state index contributed by atoms with van der Waals surface area (Å²) in [7, 11) is -3.74. The lowest BCUT2D eigenvalue weighted by Gasteiger charge is -2.27. The highest BCUT2D eigenvalue weighted by atomic mass is 35.5. The molecule has 1 aliphatic rings. The number of hydrogen-bond acceptors (Lipinski definition) is 3. The zero-order chi connectivity index (χ0) is 15.6. The number of halogens is 2. The van der Waals surface area contributed by atoms with Crippen LogP contribution in [0.4, 0.5) is 0 Å². The third-order valence-corrected chi connectivity index (χ3v) is 6.20. The Hall–Kier alpha value is -0.330. The lowest BCUT2D eigenvalue weighted by atomic mass is 9.88. The second-order valence-electron chi connectivity index (χ2n) is 5.61. The van der Waals surface area contributed by atoms with E-state index < -0.39 is 10.0 Å². The number of aliphatic hydroxyl groups is 1. The van der Waals surface area contributed by atoms with E-state index >= 15 is 0 Å². The van der Waals surface area contributed by atoms with Crippen molar-refractivity contribution in [3.05, 3.63) is 27.7 Å². The molecule has 2 N–H and O–H groups in total. The van der Waals surface area contributed by atoms with Crippen molar-refractivity contribution < 1.29 is 13.5 Å². The first-order valence-corrected chi connectivity index (χ1v) is 9.18. The summed E-state index contributed by atoms with van der Waals surface area (Å²) in [6, 6.07) is 2.71. The molecule has 7 heteroatoms. The Balaban J connectivity index is 2.25. The van der Waals surface area contributed by atoms with Crippen LogP contribution in [0.15, 0.2) is 17.0 Å². The molecule has 1 fully saturated rings. The van der Waals surface area contributed by atoms with Gasteiger partial charge in [-0.3, -0.25) is 0 Å². The van der Waals surface area contributed by atoms with Gasteiger partial charge in [-0.25, -0.2) is 13.1 Å². The van der Waals surface area contributed by atoms with Crippen LogP contribution in [0.25, 0.3) is 0 Å². The van der Waals surface area contributed by atoms with Gasteiger partial charge in [0.2, 0.25) is 10.0 Å². The zero-order valence-electron chi connectivity index (χ0n) is 11.8. The molecule has 1 saturated carbocycles. The standard InChI is InChI=1S/C14H19Cl2NO3S/c1-9-2-4-12(5-3-9)17-21(19,20)13-7-11(15)6-10(8-18)14(13)16/h6-7,9,12,17-18H,2-5,8H2,1H3. The summed E-state index contributed by atoms with van der Waals surface area (Å²) in [5.74, 6) is 0.640. The third-order valence-electron chi connectivity index (χ3n) is 3.88. The number of rotatable bonds is 4. The Morgan fingerprint density at radius 1 is 1.24 bits per heavy atom. The molecule has 2 rings (SSSR count). The highest BCUT2D eigenvalue weighted by Crippen LogP contribution is 2.31. The molecule has 0 aliphatic heterocycles. The molecule has 0 bridgehead atoms. The summed E-state index contributed by atoms with van der Waals surface area (Å²) in [6.07, 6.45) is 3.67. The summed E-state index contributed by atoms with van der Waals surface area (Å²) >= 11 is 12.0. The van der Waals surface area contributed by atoms with Gasteiger partial charge in [-0.05, 0) is 49.3 Å². The van der Waals surface area contributed by atoms with Gasteiger partial charge in [-0.15, -0.1) is 0 Å². The fourth-order valence-electron chi connectivity index (χ4n) is 2.59. The summed E-state index contributed by atoms with van der Waals surface area (Å²) < 4.78 is 27.7. The maximum absolute atomic E-state index is 12.5. The van der Waals surface area contributed by atoms with Crippen LogP contribution in [0, 0.1) is 5.92 Å². The molecule has 0 atom stereocenters. The van der Waals surface area contributed by atoms with Gasteiger partial charge in [-0.2, -0.15) is 0 Å². The van der Waals surface area contributed by atoms with Crippen LogP contribution in [-0.2, 0) is 16.6 Å². The van der Waals surface area contributed by atoms with Gasteiger partial charge in [0, 0.05) is 11.1 Å². The Morgan fingerprint density at radius 2 is 1.86 bits per heavy atom. The molecular weight excluding hydrogens is 333 g/mol. The van der Waals surface area contributed by atoms with E-state index in [0.717, 1.165) is 25.7 Å². The van der Waals surface area contributed by atoms with Gasteiger partial charge in [0.1, 0.15) is 4.90 Å². The molecule has 1 aromatic carbocycles. The maximum Gasteiger partial charge on any atom is 0.242 e. The monoisotopic (exact) mass is 351 g/mol. The van der Waals surface area contributed by atoms with Gasteiger partial charge in [0.15, 0.2) is 0 Å². The van der Waals surface area contributed by atoms with Gasteiger partial charge >= 0.3 is 0 Å². The summed E-state index contributed by atoms with van der Waals surface area (Å²) in [5, 5.41) is 9.49. The van der Waals surface area contributed by atoms with E-state index in [4.69, 9.17) is 23.2 Å². The number of nitrogens with one attached hydrogen (secondary N) is 1. The second-order valence-corrected chi connectivity index (χ2v) is 8.11. The van der Waals surface area contributed by atoms with E-state index in [-0.39, 0.29) is 27.6 Å². The maximum atomic E-state index is 12.5. The first-order valence-electron chi connectivity index (χ1n) is 6.94. The van der Waals surface area contributed by atoms with E-state index in [1.807, 2.05) is 0 Å². The minimum atomic E-state index is -3.74. The number of benzene rings is 1. The lowest BCUT2D eigenvalue weighted by Crippen LogP contribution is -2.37. The van der Waals surface area contributed by atoms with Gasteiger partial charge in [0.05, 0.1) is 11.6 Å². The SMILES string of the molecule is CC1CCC(NS(=O)(=O)c2cc(Cl)cc(CO)c2Cl)CC1. The lowest BCUT2D eigenvalue weighted by molar-refractivity contribution is 0.281. The molecular formula is C14H19Cl2NO3S. The highest BCUT2D eigenvalue weighted by Gasteiger charge is 2.26. The van der Waals surface area contributed by atoms with Crippen molar-refractivity contribution in [2.75, 3.05) is 0 Å². The van der Waals surface area contributed by atoms with Crippen molar-refractivity contribution in [3.8, 4) is 0 Å². The van der Waals surface area contributed by atoms with E-state index in [2.05, 4.69) is 11.6 Å². The van der Waals surface area contributed by atoms with Gasteiger partial charge < -0.3 is 5.11 Å². The average molecular weight is 352 g/mol. The van der Waals surface area contributed by atoms with Crippen LogP contribution >= 0.6 is 23.2 Å². The van der Waals surface area contributed by atoms with E-state index in [9.17, 15) is 13.5 Å². The summed E-state index contributed by atoms with van der Waals surface area (Å²) in [5.41, 5.74) is 0.307. The molecule has 118 valence electrons. The molecule has 0 amide bonds. The second kappa shape index (κ2) is 6.84. The van der Waals surface area contributed by atoms with Gasteiger partial charge in [-0.1, -0.05) is 30.1 Å². The van der Waals surface area contributed by atoms with E-state index in [1.54, 1.807) is 0 Å². The molecule has 0 spiro atoms. The Kier molecular flexibility index (Phi) is 5.54. The minimum Gasteiger partial charge on any atom is -0.392 e. The van der Waals surface area contributed by atoms with Crippen molar-refractivity contribution in [1.82, 2.24) is 4.72 Å². The first-order chi connectivity index (χ1) is 9.83. The van der Waals surface area contributed by atoms with E-state index in [0.29, 0.717) is 11.5 Å². The normalized spacial score (nSPS) is 23.2. The first kappa shape index (κ1) is 17.0. The largest absolute Gasteiger partial charge is 0.392 e. The molecule has 0 unspecified atom stereocenters.